The Kier molecular flexibility index (Phi) is 7.20. The van der Waals surface area contributed by atoms with E-state index < -0.39 is 5.91 Å². The van der Waals surface area contributed by atoms with Crippen molar-refractivity contribution in [1.82, 2.24) is 0 Å². The molecular formula is C21H18BrN3O3. The molecule has 2 aromatic carbocycles. The van der Waals surface area contributed by atoms with E-state index >= 15 is 0 Å². The Balaban J connectivity index is 2.35. The number of carbonyl (C=O) groups is 1. The van der Waals surface area contributed by atoms with Gasteiger partial charge >= 0.3 is 0 Å². The number of benzene rings is 2. The molecule has 1 amide bonds. The molecular weight excluding hydrogens is 422 g/mol. The molecule has 0 saturated carbocycles. The number of anilines is 1. The number of amides is 1. The summed E-state index contributed by atoms with van der Waals surface area (Å²) in [7, 11) is 1.47. The molecule has 2 aromatic rings. The zero-order chi connectivity index (χ0) is 20.7. The Morgan fingerprint density at radius 3 is 2.64 bits per heavy atom. The molecule has 1 N–H and O–H groups in total. The average molecular weight is 440 g/mol. The summed E-state index contributed by atoms with van der Waals surface area (Å²) in [4.78, 5) is 12.6. The van der Waals surface area contributed by atoms with E-state index in [1.54, 1.807) is 18.2 Å². The van der Waals surface area contributed by atoms with E-state index in [2.05, 4.69) is 21.2 Å². The minimum absolute atomic E-state index is 0.0608. The predicted octanol–water partition coefficient (Wildman–Crippen LogP) is 4.52. The van der Waals surface area contributed by atoms with Crippen LogP contribution < -0.4 is 14.8 Å². The lowest BCUT2D eigenvalue weighted by Gasteiger charge is -2.12. The molecule has 0 unspecified atom stereocenters. The number of nitriles is 2. The van der Waals surface area contributed by atoms with Gasteiger partial charge in [-0.1, -0.05) is 28.1 Å². The summed E-state index contributed by atoms with van der Waals surface area (Å²) in [6.45, 7) is 3.73. The molecule has 0 saturated heterocycles. The van der Waals surface area contributed by atoms with Crippen LogP contribution >= 0.6 is 15.9 Å². The first kappa shape index (κ1) is 21.0. The summed E-state index contributed by atoms with van der Waals surface area (Å²) in [5.41, 5.74) is 3.14. The van der Waals surface area contributed by atoms with Crippen LogP contribution in [0.25, 0.3) is 6.08 Å². The van der Waals surface area contributed by atoms with E-state index in [1.807, 2.05) is 38.1 Å². The van der Waals surface area contributed by atoms with Gasteiger partial charge in [-0.3, -0.25) is 4.79 Å². The van der Waals surface area contributed by atoms with Crippen LogP contribution in [0.1, 0.15) is 16.7 Å². The highest BCUT2D eigenvalue weighted by molar-refractivity contribution is 9.10. The van der Waals surface area contributed by atoms with Gasteiger partial charge in [0, 0.05) is 10.2 Å². The van der Waals surface area contributed by atoms with Gasteiger partial charge < -0.3 is 14.8 Å². The van der Waals surface area contributed by atoms with Crippen molar-refractivity contribution in [3.63, 3.8) is 0 Å². The molecule has 0 aromatic heterocycles. The second-order valence-corrected chi connectivity index (χ2v) is 6.70. The molecule has 28 heavy (non-hydrogen) atoms. The van der Waals surface area contributed by atoms with Crippen molar-refractivity contribution in [2.75, 3.05) is 19.0 Å². The van der Waals surface area contributed by atoms with E-state index in [-0.39, 0.29) is 12.2 Å². The van der Waals surface area contributed by atoms with Crippen LogP contribution in [0.2, 0.25) is 0 Å². The molecule has 0 radical (unpaired) electrons. The second-order valence-electron chi connectivity index (χ2n) is 5.84. The minimum Gasteiger partial charge on any atom is -0.493 e. The summed E-state index contributed by atoms with van der Waals surface area (Å²) >= 11 is 3.39. The maximum absolute atomic E-state index is 12.6. The molecule has 0 heterocycles. The fourth-order valence-electron chi connectivity index (χ4n) is 2.42. The topological polar surface area (TPSA) is 95.1 Å². The van der Waals surface area contributed by atoms with Gasteiger partial charge in [0.1, 0.15) is 17.7 Å². The zero-order valence-electron chi connectivity index (χ0n) is 15.7. The summed E-state index contributed by atoms with van der Waals surface area (Å²) in [6.07, 6.45) is 1.46. The Bertz CT molecular complexity index is 1020. The first-order chi connectivity index (χ1) is 13.4. The quantitative estimate of drug-likeness (QED) is 0.526. The van der Waals surface area contributed by atoms with Crippen LogP contribution in [0.5, 0.6) is 11.5 Å². The van der Waals surface area contributed by atoms with E-state index in [0.717, 1.165) is 11.1 Å². The van der Waals surface area contributed by atoms with Gasteiger partial charge in [0.25, 0.3) is 5.91 Å². The largest absolute Gasteiger partial charge is 0.493 e. The number of rotatable bonds is 6. The highest BCUT2D eigenvalue weighted by atomic mass is 79.9. The lowest BCUT2D eigenvalue weighted by Crippen LogP contribution is -2.14. The van der Waals surface area contributed by atoms with Crippen molar-refractivity contribution >= 4 is 33.6 Å². The Labute approximate surface area is 172 Å². The second kappa shape index (κ2) is 9.59. The van der Waals surface area contributed by atoms with Gasteiger partial charge in [-0.2, -0.15) is 10.5 Å². The molecule has 6 nitrogen and oxygen atoms in total. The van der Waals surface area contributed by atoms with Crippen molar-refractivity contribution in [2.24, 2.45) is 0 Å². The third-order valence-corrected chi connectivity index (χ3v) is 4.78. The Morgan fingerprint density at radius 1 is 1.25 bits per heavy atom. The Morgan fingerprint density at radius 2 is 2.00 bits per heavy atom. The molecule has 0 aliphatic rings. The molecule has 142 valence electrons. The van der Waals surface area contributed by atoms with Gasteiger partial charge in [-0.05, 0) is 54.8 Å². The van der Waals surface area contributed by atoms with Gasteiger partial charge in [-0.15, -0.1) is 0 Å². The third-order valence-electron chi connectivity index (χ3n) is 4.09. The number of nitrogens with zero attached hydrogens (tertiary/aromatic N) is 2. The lowest BCUT2D eigenvalue weighted by molar-refractivity contribution is -0.112. The third kappa shape index (κ3) is 4.91. The minimum atomic E-state index is -0.508. The van der Waals surface area contributed by atoms with Gasteiger partial charge in [0.15, 0.2) is 18.1 Å². The number of ether oxygens (including phenoxy) is 2. The van der Waals surface area contributed by atoms with E-state index in [0.29, 0.717) is 27.2 Å². The number of methoxy groups -OCH3 is 1. The first-order valence-corrected chi connectivity index (χ1v) is 9.07. The van der Waals surface area contributed by atoms with Crippen LogP contribution in [-0.4, -0.2) is 19.6 Å². The summed E-state index contributed by atoms with van der Waals surface area (Å²) in [6, 6.07) is 12.6. The number of aryl methyl sites for hydroxylation is 1. The number of hydrogen-bond donors (Lipinski definition) is 1. The van der Waals surface area contributed by atoms with Gasteiger partial charge in [-0.25, -0.2) is 0 Å². The molecule has 2 rings (SSSR count). The number of hydrogen-bond acceptors (Lipinski definition) is 5. The summed E-state index contributed by atoms with van der Waals surface area (Å²) in [5, 5.41) is 20.9. The fraction of sp³-hybridized carbons (Fsp3) is 0.190. The monoisotopic (exact) mass is 439 g/mol. The average Bonchev–Trinajstić information content (AvgIpc) is 2.68. The smallest absolute Gasteiger partial charge is 0.266 e. The van der Waals surface area contributed by atoms with Crippen molar-refractivity contribution in [1.29, 1.82) is 10.5 Å². The fourth-order valence-corrected chi connectivity index (χ4v) is 2.86. The molecule has 0 aliphatic carbocycles. The predicted molar refractivity (Wildman–Crippen MR) is 110 cm³/mol. The standard InChI is InChI=1S/C21H18BrN3O3/c1-13-5-4-6-18(14(13)2)25-21(26)16(12-24)9-15-10-19(27-3)20(11-17(15)22)28-8-7-23/h4-6,9-11H,8H2,1-3H3,(H,25,26)/b16-9+. The van der Waals surface area contributed by atoms with E-state index in [1.165, 1.54) is 13.2 Å². The molecule has 0 atom stereocenters. The van der Waals surface area contributed by atoms with E-state index in [4.69, 9.17) is 14.7 Å². The van der Waals surface area contributed by atoms with Crippen LogP contribution in [0.4, 0.5) is 5.69 Å². The number of nitrogens with one attached hydrogen (secondary N) is 1. The number of carbonyl (C=O) groups excluding carboxylic acids is 1. The molecule has 0 fully saturated rings. The van der Waals surface area contributed by atoms with Crippen LogP contribution in [0, 0.1) is 36.5 Å². The molecule has 0 aliphatic heterocycles. The molecule has 0 spiro atoms. The summed E-state index contributed by atoms with van der Waals surface area (Å²) < 4.78 is 11.2. The van der Waals surface area contributed by atoms with Crippen molar-refractivity contribution < 1.29 is 14.3 Å². The first-order valence-electron chi connectivity index (χ1n) is 8.28. The van der Waals surface area contributed by atoms with Crippen molar-refractivity contribution in [2.45, 2.75) is 13.8 Å². The zero-order valence-corrected chi connectivity index (χ0v) is 17.3. The maximum Gasteiger partial charge on any atom is 0.266 e. The van der Waals surface area contributed by atoms with E-state index in [9.17, 15) is 10.1 Å². The van der Waals surface area contributed by atoms with Gasteiger partial charge in [0.2, 0.25) is 0 Å². The van der Waals surface area contributed by atoms with Crippen LogP contribution in [0.15, 0.2) is 40.4 Å². The normalized spacial score (nSPS) is 10.6. The lowest BCUT2D eigenvalue weighted by atomic mass is 10.1. The highest BCUT2D eigenvalue weighted by Crippen LogP contribution is 2.34. The number of halogens is 1. The molecule has 7 heteroatoms. The van der Waals surface area contributed by atoms with Crippen molar-refractivity contribution in [3.05, 3.63) is 57.1 Å². The molecule has 0 bridgehead atoms. The van der Waals surface area contributed by atoms with Gasteiger partial charge in [0.05, 0.1) is 7.11 Å². The van der Waals surface area contributed by atoms with Crippen LogP contribution in [-0.2, 0) is 4.79 Å². The Hall–Kier alpha value is -3.29. The SMILES string of the molecule is COc1cc(/C=C(\C#N)C(=O)Nc2cccc(C)c2C)c(Br)cc1OCC#N. The highest BCUT2D eigenvalue weighted by Gasteiger charge is 2.14. The maximum atomic E-state index is 12.6. The van der Waals surface area contributed by atoms with Crippen molar-refractivity contribution in [3.8, 4) is 23.6 Å². The van der Waals surface area contributed by atoms with Crippen LogP contribution in [0.3, 0.4) is 0 Å². The summed E-state index contributed by atoms with van der Waals surface area (Å²) in [5.74, 6) is 0.259.